The molecule has 0 aromatic heterocycles. The predicted molar refractivity (Wildman–Crippen MR) is 53.4 cm³/mol. The maximum absolute atomic E-state index is 12.3. The van der Waals surface area contributed by atoms with Gasteiger partial charge in [-0.05, 0) is 25.1 Å². The molecule has 0 unspecified atom stereocenters. The Balaban J connectivity index is 3.23. The second kappa shape index (κ2) is 4.10. The molecule has 0 saturated carbocycles. The third-order valence-corrected chi connectivity index (χ3v) is 1.73. The fraction of sp³-hybridized carbons (Fsp3) is 0.222. The van der Waals surface area contributed by atoms with Crippen LogP contribution in [0.2, 0.25) is 5.02 Å². The minimum atomic E-state index is -4.43. The third-order valence-electron chi connectivity index (χ3n) is 1.52. The van der Waals surface area contributed by atoms with Crippen molar-refractivity contribution in [3.05, 3.63) is 28.8 Å². The minimum absolute atomic E-state index is 0.0233. The topological polar surface area (TPSA) is 38.4 Å². The molecule has 15 heavy (non-hydrogen) atoms. The molecule has 0 fully saturated rings. The molecule has 1 aromatic carbocycles. The largest absolute Gasteiger partial charge is 0.416 e. The summed E-state index contributed by atoms with van der Waals surface area (Å²) in [5, 5.41) is -0.0233. The van der Waals surface area contributed by atoms with Gasteiger partial charge in [0.25, 0.3) is 0 Å². The van der Waals surface area contributed by atoms with Crippen LogP contribution in [0.3, 0.4) is 0 Å². The minimum Gasteiger partial charge on any atom is -0.387 e. The van der Waals surface area contributed by atoms with Crippen molar-refractivity contribution in [1.29, 1.82) is 0 Å². The van der Waals surface area contributed by atoms with Gasteiger partial charge in [0.05, 0.1) is 17.1 Å². The Labute approximate surface area is 89.6 Å². The van der Waals surface area contributed by atoms with Crippen LogP contribution in [0.5, 0.6) is 0 Å². The first-order chi connectivity index (χ1) is 6.79. The fourth-order valence-electron chi connectivity index (χ4n) is 1.01. The number of aliphatic imine (C=N–C) groups is 1. The van der Waals surface area contributed by atoms with E-state index in [1.165, 1.54) is 13.0 Å². The van der Waals surface area contributed by atoms with Crippen LogP contribution in [0, 0.1) is 0 Å². The Kier molecular flexibility index (Phi) is 3.24. The van der Waals surface area contributed by atoms with Crippen molar-refractivity contribution in [2.24, 2.45) is 10.7 Å². The van der Waals surface area contributed by atoms with E-state index in [1.807, 2.05) is 0 Å². The average Bonchev–Trinajstić information content (AvgIpc) is 1.99. The predicted octanol–water partition coefficient (Wildman–Crippen LogP) is 3.37. The summed E-state index contributed by atoms with van der Waals surface area (Å²) in [6, 6.07) is 3.04. The molecule has 0 amide bonds. The van der Waals surface area contributed by atoms with Gasteiger partial charge in [-0.3, -0.25) is 0 Å². The number of rotatable bonds is 1. The second-order valence-corrected chi connectivity index (χ2v) is 3.39. The number of hydrogen-bond acceptors (Lipinski definition) is 1. The lowest BCUT2D eigenvalue weighted by atomic mass is 10.2. The van der Waals surface area contributed by atoms with Crippen molar-refractivity contribution in [2.45, 2.75) is 13.1 Å². The highest BCUT2D eigenvalue weighted by molar-refractivity contribution is 6.30. The molecule has 0 radical (unpaired) electrons. The van der Waals surface area contributed by atoms with Gasteiger partial charge in [-0.1, -0.05) is 11.6 Å². The van der Waals surface area contributed by atoms with Gasteiger partial charge in [0, 0.05) is 5.02 Å². The quantitative estimate of drug-likeness (QED) is 0.589. The van der Waals surface area contributed by atoms with E-state index in [9.17, 15) is 13.2 Å². The molecule has 0 saturated heterocycles. The molecule has 82 valence electrons. The van der Waals surface area contributed by atoms with Gasteiger partial charge < -0.3 is 5.73 Å². The van der Waals surface area contributed by atoms with E-state index < -0.39 is 11.7 Å². The van der Waals surface area contributed by atoms with E-state index in [0.717, 1.165) is 12.1 Å². The van der Waals surface area contributed by atoms with E-state index in [-0.39, 0.29) is 16.5 Å². The number of nitrogens with two attached hydrogens (primary N) is 1. The van der Waals surface area contributed by atoms with Crippen LogP contribution in [0.15, 0.2) is 23.2 Å². The Morgan fingerprint density at radius 3 is 2.40 bits per heavy atom. The maximum atomic E-state index is 12.3. The first kappa shape index (κ1) is 11.8. The zero-order chi connectivity index (χ0) is 11.6. The number of hydrogen-bond donors (Lipinski definition) is 1. The SMILES string of the molecule is CC(N)=Nc1cc(Cl)cc(C(F)(F)F)c1. The molecule has 1 rings (SSSR count). The molecule has 0 aliphatic rings. The summed E-state index contributed by atoms with van der Waals surface area (Å²) >= 11 is 5.53. The molecule has 0 spiro atoms. The fourth-order valence-corrected chi connectivity index (χ4v) is 1.24. The first-order valence-corrected chi connectivity index (χ1v) is 4.35. The zero-order valence-electron chi connectivity index (χ0n) is 7.77. The van der Waals surface area contributed by atoms with Crippen molar-refractivity contribution >= 4 is 23.1 Å². The molecule has 2 nitrogen and oxygen atoms in total. The molecule has 6 heteroatoms. The molecule has 0 aliphatic carbocycles. The van der Waals surface area contributed by atoms with E-state index in [1.54, 1.807) is 0 Å². The lowest BCUT2D eigenvalue weighted by Gasteiger charge is -2.07. The Bertz CT molecular complexity index is 395. The van der Waals surface area contributed by atoms with Gasteiger partial charge in [-0.25, -0.2) is 4.99 Å². The van der Waals surface area contributed by atoms with Crippen LogP contribution in [0.1, 0.15) is 12.5 Å². The van der Waals surface area contributed by atoms with E-state index in [4.69, 9.17) is 17.3 Å². The van der Waals surface area contributed by atoms with Crippen LogP contribution in [0.25, 0.3) is 0 Å². The first-order valence-electron chi connectivity index (χ1n) is 3.97. The summed E-state index contributed by atoms with van der Waals surface area (Å²) in [6.45, 7) is 1.48. The Morgan fingerprint density at radius 1 is 1.33 bits per heavy atom. The molecule has 0 aliphatic heterocycles. The number of alkyl halides is 3. The van der Waals surface area contributed by atoms with Crippen molar-refractivity contribution < 1.29 is 13.2 Å². The highest BCUT2D eigenvalue weighted by Crippen LogP contribution is 2.33. The lowest BCUT2D eigenvalue weighted by Crippen LogP contribution is -2.06. The highest BCUT2D eigenvalue weighted by atomic mass is 35.5. The smallest absolute Gasteiger partial charge is 0.387 e. The van der Waals surface area contributed by atoms with Gasteiger partial charge in [-0.2, -0.15) is 13.2 Å². The highest BCUT2D eigenvalue weighted by Gasteiger charge is 2.31. The monoisotopic (exact) mass is 236 g/mol. The zero-order valence-corrected chi connectivity index (χ0v) is 8.52. The molecule has 0 bridgehead atoms. The molecule has 0 heterocycles. The van der Waals surface area contributed by atoms with Gasteiger partial charge in [0.15, 0.2) is 0 Å². The van der Waals surface area contributed by atoms with Gasteiger partial charge in [0.2, 0.25) is 0 Å². The summed E-state index contributed by atoms with van der Waals surface area (Å²) in [5.41, 5.74) is 4.51. The summed E-state index contributed by atoms with van der Waals surface area (Å²) in [5.74, 6) is 0.172. The van der Waals surface area contributed by atoms with Crippen molar-refractivity contribution in [3.63, 3.8) is 0 Å². The number of halogens is 4. The van der Waals surface area contributed by atoms with E-state index in [0.29, 0.717) is 0 Å². The molecule has 0 atom stereocenters. The van der Waals surface area contributed by atoms with Crippen LogP contribution >= 0.6 is 11.6 Å². The number of nitrogens with zero attached hydrogens (tertiary/aromatic N) is 1. The Hall–Kier alpha value is -1.23. The maximum Gasteiger partial charge on any atom is 0.416 e. The third kappa shape index (κ3) is 3.43. The van der Waals surface area contributed by atoms with Crippen LogP contribution in [-0.2, 0) is 6.18 Å². The molecule has 2 N–H and O–H groups in total. The van der Waals surface area contributed by atoms with Crippen LogP contribution < -0.4 is 5.73 Å². The standard InChI is InChI=1S/C9H8ClF3N2/c1-5(14)15-8-3-6(9(11,12)13)2-7(10)4-8/h2-4H,1H3,(H2,14,15). The van der Waals surface area contributed by atoms with Crippen LogP contribution in [-0.4, -0.2) is 5.84 Å². The van der Waals surface area contributed by atoms with E-state index >= 15 is 0 Å². The van der Waals surface area contributed by atoms with Crippen molar-refractivity contribution in [1.82, 2.24) is 0 Å². The summed E-state index contributed by atoms with van der Waals surface area (Å²) < 4.78 is 37.0. The van der Waals surface area contributed by atoms with Crippen molar-refractivity contribution in [2.75, 3.05) is 0 Å². The molecule has 1 aromatic rings. The average molecular weight is 237 g/mol. The van der Waals surface area contributed by atoms with Gasteiger partial charge >= 0.3 is 6.18 Å². The lowest BCUT2D eigenvalue weighted by molar-refractivity contribution is -0.137. The molecular weight excluding hydrogens is 229 g/mol. The van der Waals surface area contributed by atoms with Crippen molar-refractivity contribution in [3.8, 4) is 0 Å². The number of benzene rings is 1. The molecular formula is C9H8ClF3N2. The Morgan fingerprint density at radius 2 is 1.93 bits per heavy atom. The normalized spacial score (nSPS) is 13.0. The second-order valence-electron chi connectivity index (χ2n) is 2.95. The van der Waals surface area contributed by atoms with E-state index in [2.05, 4.69) is 4.99 Å². The van der Waals surface area contributed by atoms with Gasteiger partial charge in [0.1, 0.15) is 0 Å². The summed E-state index contributed by atoms with van der Waals surface area (Å²) in [7, 11) is 0. The van der Waals surface area contributed by atoms with Gasteiger partial charge in [-0.15, -0.1) is 0 Å². The van der Waals surface area contributed by atoms with Crippen LogP contribution in [0.4, 0.5) is 18.9 Å². The number of amidine groups is 1. The summed E-state index contributed by atoms with van der Waals surface area (Å²) in [4.78, 5) is 3.70. The summed E-state index contributed by atoms with van der Waals surface area (Å²) in [6.07, 6.45) is -4.43.